The van der Waals surface area contributed by atoms with Gasteiger partial charge in [-0.25, -0.2) is 18.5 Å². The van der Waals surface area contributed by atoms with Crippen LogP contribution in [0.4, 0.5) is 10.8 Å². The van der Waals surface area contributed by atoms with Gasteiger partial charge in [0.2, 0.25) is 10.0 Å². The van der Waals surface area contributed by atoms with E-state index in [1.807, 2.05) is 25.4 Å². The monoisotopic (exact) mass is 504 g/mol. The van der Waals surface area contributed by atoms with Crippen molar-refractivity contribution in [2.24, 2.45) is 10.1 Å². The minimum atomic E-state index is -3.84. The number of aliphatic imine (C=N–C) groups is 1. The summed E-state index contributed by atoms with van der Waals surface area (Å²) < 4.78 is 29.5. The van der Waals surface area contributed by atoms with E-state index in [9.17, 15) is 8.42 Å². The molecule has 9 nitrogen and oxygen atoms in total. The molecule has 2 aliphatic heterocycles. The highest BCUT2D eigenvalue weighted by Gasteiger charge is 2.30. The van der Waals surface area contributed by atoms with E-state index in [1.54, 1.807) is 6.07 Å². The van der Waals surface area contributed by atoms with Gasteiger partial charge in [0.05, 0.1) is 22.4 Å². The number of nitrogens with two attached hydrogens (primary N) is 1. The minimum Gasteiger partial charge on any atom is -0.489 e. The van der Waals surface area contributed by atoms with Gasteiger partial charge < -0.3 is 15.4 Å². The molecule has 0 aliphatic carbocycles. The van der Waals surface area contributed by atoms with Gasteiger partial charge in [0.15, 0.2) is 5.13 Å². The summed E-state index contributed by atoms with van der Waals surface area (Å²) in [7, 11) is -3.84. The summed E-state index contributed by atoms with van der Waals surface area (Å²) in [5.41, 5.74) is 2.39. The summed E-state index contributed by atoms with van der Waals surface area (Å²) in [6, 6.07) is 4.50. The summed E-state index contributed by atoms with van der Waals surface area (Å²) in [5.74, 6) is 0.527. The van der Waals surface area contributed by atoms with Gasteiger partial charge in [-0.3, -0.25) is 9.89 Å². The van der Waals surface area contributed by atoms with E-state index in [-0.39, 0.29) is 22.7 Å². The van der Waals surface area contributed by atoms with Crippen molar-refractivity contribution in [2.75, 3.05) is 25.0 Å². The molecule has 0 spiro atoms. The van der Waals surface area contributed by atoms with Crippen LogP contribution in [-0.2, 0) is 10.0 Å². The molecule has 4 N–H and O–H groups in total. The molecular formula is C23H32N6O3S2. The highest BCUT2D eigenvalue weighted by molar-refractivity contribution is 7.89. The number of primary sulfonamides is 1. The third-order valence-electron chi connectivity index (χ3n) is 5.64. The molecule has 1 aromatic carbocycles. The van der Waals surface area contributed by atoms with Crippen molar-refractivity contribution < 1.29 is 13.2 Å². The fourth-order valence-electron chi connectivity index (χ4n) is 4.08. The number of hydrogen-bond acceptors (Lipinski definition) is 9. The molecule has 2 aromatic rings. The number of anilines is 2. The Bertz CT molecular complexity index is 1200. The fraction of sp³-hybridized carbons (Fsp3) is 0.478. The number of piperazine rings is 1. The van der Waals surface area contributed by atoms with Crippen LogP contribution in [0, 0.1) is 0 Å². The van der Waals surface area contributed by atoms with E-state index < -0.39 is 10.0 Å². The quantitative estimate of drug-likeness (QED) is 0.529. The van der Waals surface area contributed by atoms with Crippen LogP contribution in [0.15, 0.2) is 39.5 Å². The standard InChI is InChI=1S/C23H32N6O3S2/c1-15(2)32-20-7-6-17(34(24,30)31)11-18(20)27-22-28-19(13-33-22)16-5-8-21(25-12-16)29-10-9-26-23(3,4)14-29/h5-7,11-13,15,21,26H,8-10,14H2,1-4H3,(H,27,28)(H2,24,30,31). The number of sulfonamides is 1. The minimum absolute atomic E-state index is 0.00661. The number of nitrogens with one attached hydrogen (secondary N) is 2. The molecule has 1 unspecified atom stereocenters. The predicted octanol–water partition coefficient (Wildman–Crippen LogP) is 3.19. The van der Waals surface area contributed by atoms with Gasteiger partial charge in [-0.15, -0.1) is 11.3 Å². The molecule has 1 aromatic heterocycles. The first-order chi connectivity index (χ1) is 16.0. The van der Waals surface area contributed by atoms with E-state index >= 15 is 0 Å². The van der Waals surface area contributed by atoms with Crippen LogP contribution in [0.25, 0.3) is 5.57 Å². The lowest BCUT2D eigenvalue weighted by Gasteiger charge is -2.42. The number of hydrogen-bond donors (Lipinski definition) is 3. The highest BCUT2D eigenvalue weighted by Crippen LogP contribution is 2.33. The number of dihydropyridines is 1. The van der Waals surface area contributed by atoms with Crippen molar-refractivity contribution >= 4 is 44.0 Å². The number of nitrogens with zero attached hydrogens (tertiary/aromatic N) is 3. The van der Waals surface area contributed by atoms with Crippen LogP contribution >= 0.6 is 11.3 Å². The molecule has 1 saturated heterocycles. The van der Waals surface area contributed by atoms with E-state index in [1.165, 1.54) is 23.5 Å². The Balaban J connectivity index is 1.48. The Labute approximate surface area is 205 Å². The molecule has 0 radical (unpaired) electrons. The number of allylic oxidation sites excluding steroid dienone is 1. The Morgan fingerprint density at radius 1 is 1.35 bits per heavy atom. The Morgan fingerprint density at radius 3 is 2.79 bits per heavy atom. The van der Waals surface area contributed by atoms with E-state index in [0.717, 1.165) is 37.3 Å². The molecule has 0 bridgehead atoms. The van der Waals surface area contributed by atoms with Gasteiger partial charge in [0, 0.05) is 48.8 Å². The van der Waals surface area contributed by atoms with Crippen LogP contribution in [0.3, 0.4) is 0 Å². The number of ether oxygens (including phenoxy) is 1. The van der Waals surface area contributed by atoms with Crippen LogP contribution in [0.5, 0.6) is 5.75 Å². The number of thiazole rings is 1. The summed E-state index contributed by atoms with van der Waals surface area (Å²) in [6.07, 6.45) is 4.99. The highest BCUT2D eigenvalue weighted by atomic mass is 32.2. The lowest BCUT2D eigenvalue weighted by atomic mass is 10.0. The van der Waals surface area contributed by atoms with Crippen molar-refractivity contribution in [3.05, 3.63) is 35.3 Å². The van der Waals surface area contributed by atoms with E-state index in [2.05, 4.69) is 40.4 Å². The zero-order chi connectivity index (χ0) is 24.5. The van der Waals surface area contributed by atoms with Crippen LogP contribution in [0.1, 0.15) is 39.8 Å². The van der Waals surface area contributed by atoms with Gasteiger partial charge in [-0.05, 0) is 45.9 Å². The SMILES string of the molecule is CC(C)Oc1ccc(S(N)(=O)=O)cc1Nc1nc(C2=CCC(N3CCNC(C)(C)C3)N=C2)cs1. The predicted molar refractivity (Wildman–Crippen MR) is 138 cm³/mol. The van der Waals surface area contributed by atoms with Gasteiger partial charge in [0.25, 0.3) is 0 Å². The van der Waals surface area contributed by atoms with Gasteiger partial charge in [0.1, 0.15) is 11.9 Å². The average molecular weight is 505 g/mol. The molecule has 1 atom stereocenters. The molecule has 0 saturated carbocycles. The lowest BCUT2D eigenvalue weighted by molar-refractivity contribution is 0.113. The molecule has 184 valence electrons. The first kappa shape index (κ1) is 24.8. The van der Waals surface area contributed by atoms with Gasteiger partial charge in [-0.1, -0.05) is 6.08 Å². The summed E-state index contributed by atoms with van der Waals surface area (Å²) in [6.45, 7) is 11.1. The van der Waals surface area contributed by atoms with Crippen molar-refractivity contribution in [1.29, 1.82) is 0 Å². The number of benzene rings is 1. The molecule has 11 heteroatoms. The number of rotatable bonds is 7. The maximum Gasteiger partial charge on any atom is 0.238 e. The smallest absolute Gasteiger partial charge is 0.238 e. The fourth-order valence-corrected chi connectivity index (χ4v) is 5.35. The molecule has 3 heterocycles. The van der Waals surface area contributed by atoms with Crippen molar-refractivity contribution in [2.45, 2.75) is 56.8 Å². The second-order valence-electron chi connectivity index (χ2n) is 9.47. The van der Waals surface area contributed by atoms with Crippen molar-refractivity contribution in [1.82, 2.24) is 15.2 Å². The average Bonchev–Trinajstić information content (AvgIpc) is 3.22. The van der Waals surface area contributed by atoms with Crippen LogP contribution in [0.2, 0.25) is 0 Å². The molecular weight excluding hydrogens is 472 g/mol. The Kier molecular flexibility index (Phi) is 7.11. The van der Waals surface area contributed by atoms with Crippen LogP contribution < -0.4 is 20.5 Å². The van der Waals surface area contributed by atoms with Gasteiger partial charge in [-0.2, -0.15) is 0 Å². The maximum absolute atomic E-state index is 11.8. The Morgan fingerprint density at radius 2 is 2.15 bits per heavy atom. The van der Waals surface area contributed by atoms with Crippen molar-refractivity contribution in [3.8, 4) is 5.75 Å². The number of aromatic nitrogens is 1. The maximum atomic E-state index is 11.8. The summed E-state index contributed by atoms with van der Waals surface area (Å²) >= 11 is 1.43. The topological polar surface area (TPSA) is 122 Å². The molecule has 34 heavy (non-hydrogen) atoms. The third kappa shape index (κ3) is 6.02. The molecule has 4 rings (SSSR count). The zero-order valence-corrected chi connectivity index (χ0v) is 21.5. The second kappa shape index (κ2) is 9.74. The first-order valence-corrected chi connectivity index (χ1v) is 13.7. The van der Waals surface area contributed by atoms with Crippen LogP contribution in [-0.4, -0.2) is 62.0 Å². The zero-order valence-electron chi connectivity index (χ0n) is 19.9. The Hall–Kier alpha value is -2.31. The normalized spacial score (nSPS) is 20.9. The first-order valence-electron chi connectivity index (χ1n) is 11.3. The van der Waals surface area contributed by atoms with E-state index in [4.69, 9.17) is 14.9 Å². The summed E-state index contributed by atoms with van der Waals surface area (Å²) in [5, 5.41) is 14.6. The lowest BCUT2D eigenvalue weighted by Crippen LogP contribution is -2.59. The summed E-state index contributed by atoms with van der Waals surface area (Å²) in [4.78, 5) is 11.9. The molecule has 0 amide bonds. The van der Waals surface area contributed by atoms with E-state index in [0.29, 0.717) is 16.6 Å². The van der Waals surface area contributed by atoms with Crippen molar-refractivity contribution in [3.63, 3.8) is 0 Å². The second-order valence-corrected chi connectivity index (χ2v) is 11.9. The largest absolute Gasteiger partial charge is 0.489 e. The third-order valence-corrected chi connectivity index (χ3v) is 7.31. The molecule has 1 fully saturated rings. The van der Waals surface area contributed by atoms with Gasteiger partial charge >= 0.3 is 0 Å². The molecule has 2 aliphatic rings.